The highest BCUT2D eigenvalue weighted by Crippen LogP contribution is 2.43. The van der Waals surface area contributed by atoms with Crippen LogP contribution in [0.15, 0.2) is 36.6 Å². The molecule has 51 heavy (non-hydrogen) atoms. The van der Waals surface area contributed by atoms with Gasteiger partial charge in [-0.05, 0) is 51.0 Å². The number of phosphoric ester groups is 1. The number of phosphoric acid groups is 1. The SMILES string of the molecule is CCCCCC/C=C/C=C/CCCCCCCC(=O)O[C@H](CO/C=C/CCCCCCCCCCCCCC)COP(=O)(O)OCC[N+](C)(C)C. The fourth-order valence-corrected chi connectivity index (χ4v) is 6.25. The van der Waals surface area contributed by atoms with Crippen LogP contribution in [0.25, 0.3) is 0 Å². The van der Waals surface area contributed by atoms with Gasteiger partial charge in [-0.15, -0.1) is 0 Å². The lowest BCUT2D eigenvalue weighted by Gasteiger charge is -2.24. The summed E-state index contributed by atoms with van der Waals surface area (Å²) in [6, 6.07) is 0. The first kappa shape index (κ1) is 49.6. The summed E-state index contributed by atoms with van der Waals surface area (Å²) in [5, 5.41) is 0. The topological polar surface area (TPSA) is 91.3 Å². The lowest BCUT2D eigenvalue weighted by atomic mass is 10.0. The van der Waals surface area contributed by atoms with Crippen LogP contribution in [0.2, 0.25) is 0 Å². The Balaban J connectivity index is 4.35. The van der Waals surface area contributed by atoms with Gasteiger partial charge in [0.2, 0.25) is 0 Å². The van der Waals surface area contributed by atoms with Crippen LogP contribution < -0.4 is 0 Å². The highest BCUT2D eigenvalue weighted by molar-refractivity contribution is 7.47. The molecule has 0 fully saturated rings. The Morgan fingerprint density at radius 2 is 1.08 bits per heavy atom. The van der Waals surface area contributed by atoms with Gasteiger partial charge in [0.15, 0.2) is 6.10 Å². The van der Waals surface area contributed by atoms with Gasteiger partial charge in [-0.25, -0.2) is 4.57 Å². The van der Waals surface area contributed by atoms with E-state index in [4.69, 9.17) is 18.5 Å². The van der Waals surface area contributed by atoms with Crippen LogP contribution in [0.5, 0.6) is 0 Å². The molecule has 0 rings (SSSR count). The van der Waals surface area contributed by atoms with Crippen LogP contribution in [0, 0.1) is 0 Å². The highest BCUT2D eigenvalue weighted by Gasteiger charge is 2.26. The number of hydrogen-bond donors (Lipinski definition) is 1. The van der Waals surface area contributed by atoms with Crippen molar-refractivity contribution in [2.45, 2.75) is 180 Å². The van der Waals surface area contributed by atoms with Crippen molar-refractivity contribution in [3.05, 3.63) is 36.6 Å². The van der Waals surface area contributed by atoms with Crippen LogP contribution in [0.4, 0.5) is 0 Å². The third kappa shape index (κ3) is 39.6. The van der Waals surface area contributed by atoms with Crippen LogP contribution >= 0.6 is 7.82 Å². The molecule has 0 spiro atoms. The molecule has 0 aliphatic carbocycles. The molecular weight excluding hydrogens is 661 g/mol. The summed E-state index contributed by atoms with van der Waals surface area (Å²) in [5.41, 5.74) is 0. The van der Waals surface area contributed by atoms with Crippen molar-refractivity contribution >= 4 is 13.8 Å². The summed E-state index contributed by atoms with van der Waals surface area (Å²) in [4.78, 5) is 22.8. The molecule has 0 aliphatic rings. The van der Waals surface area contributed by atoms with E-state index in [-0.39, 0.29) is 25.8 Å². The molecule has 9 heteroatoms. The van der Waals surface area contributed by atoms with Crippen molar-refractivity contribution in [3.8, 4) is 0 Å². The predicted molar refractivity (Wildman–Crippen MR) is 215 cm³/mol. The number of quaternary nitrogens is 1. The van der Waals surface area contributed by atoms with Gasteiger partial charge in [0, 0.05) is 6.42 Å². The molecule has 0 aliphatic heterocycles. The zero-order chi connectivity index (χ0) is 37.7. The summed E-state index contributed by atoms with van der Waals surface area (Å²) >= 11 is 0. The third-order valence-corrected chi connectivity index (χ3v) is 9.78. The minimum atomic E-state index is -4.29. The normalized spacial score (nSPS) is 14.2. The average Bonchev–Trinajstić information content (AvgIpc) is 3.08. The molecular formula is C42H81NO7P+. The maximum atomic E-state index is 12.6. The largest absolute Gasteiger partial charge is 0.498 e. The molecule has 0 radical (unpaired) electrons. The first-order chi connectivity index (χ1) is 24.6. The van der Waals surface area contributed by atoms with E-state index in [2.05, 4.69) is 38.2 Å². The Morgan fingerprint density at radius 1 is 0.627 bits per heavy atom. The molecule has 0 saturated heterocycles. The summed E-state index contributed by atoms with van der Waals surface area (Å²) in [7, 11) is 1.62. The Bertz CT molecular complexity index is 915. The van der Waals surface area contributed by atoms with Crippen molar-refractivity contribution < 1.29 is 37.3 Å². The quantitative estimate of drug-likeness (QED) is 0.0168. The Labute approximate surface area is 315 Å². The number of hydrogen-bond acceptors (Lipinski definition) is 6. The molecule has 1 N–H and O–H groups in total. The smallest absolute Gasteiger partial charge is 0.472 e. The van der Waals surface area contributed by atoms with E-state index in [1.807, 2.05) is 27.2 Å². The standard InChI is InChI=1S/C42H80NO7P/c1-6-8-10-12-14-16-18-20-22-23-25-27-29-31-33-35-42(44)50-41(40-49-51(45,46)48-38-36-43(3,4)5)39-47-37-34-32-30-28-26-24-21-19-17-15-13-11-9-7-2/h16,18,20,22,34,37,41H,6-15,17,19,21,23-33,35-36,38-40H2,1-5H3/p+1/b18-16+,22-20+,37-34+/t41-/m1/s1. The van der Waals surface area contributed by atoms with Gasteiger partial charge < -0.3 is 18.9 Å². The van der Waals surface area contributed by atoms with Crippen molar-refractivity contribution in [1.82, 2.24) is 0 Å². The second-order valence-corrected chi connectivity index (χ2v) is 16.6. The molecule has 0 amide bonds. The van der Waals surface area contributed by atoms with E-state index in [1.54, 1.807) is 6.26 Å². The Kier molecular flexibility index (Phi) is 34.6. The van der Waals surface area contributed by atoms with Gasteiger partial charge in [-0.3, -0.25) is 13.8 Å². The van der Waals surface area contributed by atoms with Crippen LogP contribution in [0.1, 0.15) is 174 Å². The maximum absolute atomic E-state index is 12.6. The molecule has 0 bridgehead atoms. The maximum Gasteiger partial charge on any atom is 0.472 e. The molecule has 8 nitrogen and oxygen atoms in total. The van der Waals surface area contributed by atoms with E-state index in [0.29, 0.717) is 17.4 Å². The number of unbranched alkanes of at least 4 members (excludes halogenated alkanes) is 21. The van der Waals surface area contributed by atoms with Crippen molar-refractivity contribution in [1.29, 1.82) is 0 Å². The average molecular weight is 743 g/mol. The van der Waals surface area contributed by atoms with Gasteiger partial charge in [0.25, 0.3) is 0 Å². The Hall–Kier alpha value is -1.44. The minimum Gasteiger partial charge on any atom is -0.498 e. The van der Waals surface area contributed by atoms with Gasteiger partial charge in [0.05, 0.1) is 34.0 Å². The van der Waals surface area contributed by atoms with Crippen molar-refractivity contribution in [3.63, 3.8) is 0 Å². The molecule has 0 aromatic rings. The second-order valence-electron chi connectivity index (χ2n) is 15.1. The van der Waals surface area contributed by atoms with E-state index in [9.17, 15) is 14.3 Å². The van der Waals surface area contributed by atoms with E-state index >= 15 is 0 Å². The number of rotatable bonds is 38. The highest BCUT2D eigenvalue weighted by atomic mass is 31.2. The lowest BCUT2D eigenvalue weighted by Crippen LogP contribution is -2.37. The minimum absolute atomic E-state index is 0.0428. The fraction of sp³-hybridized carbons (Fsp3) is 0.833. The second kappa shape index (κ2) is 35.6. The number of nitrogens with zero attached hydrogens (tertiary/aromatic N) is 1. The molecule has 0 aromatic carbocycles. The molecule has 1 unspecified atom stereocenters. The molecule has 0 saturated carbocycles. The number of ether oxygens (including phenoxy) is 2. The summed E-state index contributed by atoms with van der Waals surface area (Å²) < 4.78 is 34.7. The van der Waals surface area contributed by atoms with Crippen LogP contribution in [0.3, 0.4) is 0 Å². The summed E-state index contributed by atoms with van der Waals surface area (Å²) in [6.07, 6.45) is 41.2. The molecule has 0 heterocycles. The lowest BCUT2D eigenvalue weighted by molar-refractivity contribution is -0.870. The van der Waals surface area contributed by atoms with E-state index in [0.717, 1.165) is 57.8 Å². The van der Waals surface area contributed by atoms with Crippen LogP contribution in [-0.2, 0) is 27.9 Å². The van der Waals surface area contributed by atoms with Gasteiger partial charge in [0.1, 0.15) is 19.8 Å². The van der Waals surface area contributed by atoms with Gasteiger partial charge in [-0.1, -0.05) is 147 Å². The predicted octanol–water partition coefficient (Wildman–Crippen LogP) is 12.2. The van der Waals surface area contributed by atoms with E-state index in [1.165, 1.54) is 96.3 Å². The number of likely N-dealkylation sites (N-methyl/N-ethyl adjacent to an activating group) is 1. The Morgan fingerprint density at radius 3 is 1.59 bits per heavy atom. The third-order valence-electron chi connectivity index (χ3n) is 8.80. The number of allylic oxidation sites excluding steroid dienone is 5. The monoisotopic (exact) mass is 743 g/mol. The molecule has 0 aromatic heterocycles. The fourth-order valence-electron chi connectivity index (χ4n) is 5.51. The number of esters is 1. The molecule has 2 atom stereocenters. The number of carbonyl (C=O) groups is 1. The van der Waals surface area contributed by atoms with Crippen LogP contribution in [-0.4, -0.2) is 69.0 Å². The summed E-state index contributed by atoms with van der Waals surface area (Å²) in [6.45, 7) is 4.89. The number of carbonyl (C=O) groups excluding carboxylic acids is 1. The van der Waals surface area contributed by atoms with Crippen molar-refractivity contribution in [2.24, 2.45) is 0 Å². The summed E-state index contributed by atoms with van der Waals surface area (Å²) in [5.74, 6) is -0.351. The van der Waals surface area contributed by atoms with Crippen molar-refractivity contribution in [2.75, 3.05) is 47.5 Å². The molecule has 300 valence electrons. The first-order valence-electron chi connectivity index (χ1n) is 20.8. The van der Waals surface area contributed by atoms with Gasteiger partial charge in [-0.2, -0.15) is 0 Å². The first-order valence-corrected chi connectivity index (χ1v) is 22.3. The zero-order valence-corrected chi connectivity index (χ0v) is 34.7. The van der Waals surface area contributed by atoms with Gasteiger partial charge >= 0.3 is 13.8 Å². The zero-order valence-electron chi connectivity index (χ0n) is 33.8. The van der Waals surface area contributed by atoms with E-state index < -0.39 is 13.9 Å².